The van der Waals surface area contributed by atoms with Gasteiger partial charge in [0.25, 0.3) is 11.8 Å². The Bertz CT molecular complexity index is 313. The van der Waals surface area contributed by atoms with Gasteiger partial charge in [-0.15, -0.1) is 0 Å². The van der Waals surface area contributed by atoms with Gasteiger partial charge in [0.15, 0.2) is 0 Å². The molecule has 0 aromatic carbocycles. The molecule has 0 saturated carbocycles. The summed E-state index contributed by atoms with van der Waals surface area (Å²) in [4.78, 5) is 23.4. The van der Waals surface area contributed by atoms with Crippen molar-refractivity contribution in [2.75, 3.05) is 7.05 Å². The van der Waals surface area contributed by atoms with E-state index in [1.54, 1.807) is 0 Å². The number of hydrogen-bond acceptors (Lipinski definition) is 2. The Morgan fingerprint density at radius 2 is 1.71 bits per heavy atom. The van der Waals surface area contributed by atoms with Crippen LogP contribution in [-0.4, -0.2) is 23.8 Å². The van der Waals surface area contributed by atoms with Gasteiger partial charge >= 0.3 is 0 Å². The van der Waals surface area contributed by atoms with Crippen LogP contribution in [0.1, 0.15) is 13.8 Å². The molecule has 2 amide bonds. The summed E-state index contributed by atoms with van der Waals surface area (Å²) in [5.41, 5.74) is 0.569. The van der Waals surface area contributed by atoms with Crippen LogP contribution >= 0.6 is 0 Å². The minimum Gasteiger partial charge on any atom is -0.277 e. The molecule has 3 nitrogen and oxygen atoms in total. The Balaban J connectivity index is 0.000000791. The van der Waals surface area contributed by atoms with E-state index in [-0.39, 0.29) is 17.4 Å². The molecule has 1 fully saturated rings. The van der Waals surface area contributed by atoms with Crippen LogP contribution in [0.25, 0.3) is 0 Å². The molecular formula is C11H15NO2. The predicted octanol–water partition coefficient (Wildman–Crippen LogP) is 1.68. The van der Waals surface area contributed by atoms with Crippen molar-refractivity contribution in [2.45, 2.75) is 13.8 Å². The topological polar surface area (TPSA) is 37.4 Å². The summed E-state index contributed by atoms with van der Waals surface area (Å²) in [5.74, 6) is -0.655. The zero-order valence-corrected chi connectivity index (χ0v) is 8.83. The smallest absolute Gasteiger partial charge is 0.261 e. The van der Waals surface area contributed by atoms with Crippen molar-refractivity contribution in [1.82, 2.24) is 4.90 Å². The van der Waals surface area contributed by atoms with Gasteiger partial charge in [-0.25, -0.2) is 0 Å². The lowest BCUT2D eigenvalue weighted by molar-refractivity contribution is -0.134. The second kappa shape index (κ2) is 5.17. The number of amides is 2. The Morgan fingerprint density at radius 3 is 2.00 bits per heavy atom. The van der Waals surface area contributed by atoms with Gasteiger partial charge in [0.05, 0.1) is 5.57 Å². The fraction of sp³-hybridized carbons (Fsp3) is 0.273. The van der Waals surface area contributed by atoms with Crippen molar-refractivity contribution >= 4 is 11.8 Å². The van der Waals surface area contributed by atoms with Gasteiger partial charge in [-0.1, -0.05) is 33.1 Å². The lowest BCUT2D eigenvalue weighted by atomic mass is 10.1. The van der Waals surface area contributed by atoms with Crippen molar-refractivity contribution in [3.8, 4) is 0 Å². The molecule has 14 heavy (non-hydrogen) atoms. The van der Waals surface area contributed by atoms with Crippen LogP contribution in [-0.2, 0) is 9.59 Å². The third kappa shape index (κ3) is 1.99. The molecule has 76 valence electrons. The number of likely N-dealkylation sites (N-methyl/N-ethyl adjacent to an activating group) is 1. The van der Waals surface area contributed by atoms with E-state index in [0.717, 1.165) is 4.90 Å². The summed E-state index contributed by atoms with van der Waals surface area (Å²) >= 11 is 0. The molecule has 0 aromatic heterocycles. The van der Waals surface area contributed by atoms with Gasteiger partial charge in [0.1, 0.15) is 0 Å². The Labute approximate surface area is 84.4 Å². The quantitative estimate of drug-likeness (QED) is 0.469. The first-order valence-corrected chi connectivity index (χ1v) is 4.44. The molecule has 0 atom stereocenters. The molecule has 0 bridgehead atoms. The summed E-state index contributed by atoms with van der Waals surface area (Å²) in [6.07, 6.45) is 2.96. The van der Waals surface area contributed by atoms with Crippen LogP contribution in [0.2, 0.25) is 0 Å². The number of carbonyl (C=O) groups is 2. The summed E-state index contributed by atoms with van der Waals surface area (Å²) in [7, 11) is 1.43. The van der Waals surface area contributed by atoms with E-state index >= 15 is 0 Å². The number of allylic oxidation sites excluding steroid dienone is 2. The molecule has 3 heteroatoms. The maximum absolute atomic E-state index is 11.2. The molecule has 0 radical (unpaired) electrons. The average Bonchev–Trinajstić information content (AvgIpc) is 2.39. The largest absolute Gasteiger partial charge is 0.277 e. The van der Waals surface area contributed by atoms with E-state index in [1.165, 1.54) is 19.2 Å². The molecular weight excluding hydrogens is 178 g/mol. The minimum absolute atomic E-state index is 0.238. The molecule has 0 unspecified atom stereocenters. The molecule has 1 heterocycles. The molecule has 1 saturated heterocycles. The van der Waals surface area contributed by atoms with Gasteiger partial charge in [0.2, 0.25) is 0 Å². The standard InChI is InChI=1S/C9H9NO2.C2H6/c1-4-5-7-6(2)8(11)10(3)9(7)12;1-2/h4-5H,1-2H2,3H3;1-2H3/b7-5+;. The summed E-state index contributed by atoms with van der Waals surface area (Å²) < 4.78 is 0. The number of nitrogens with zero attached hydrogens (tertiary/aromatic N) is 1. The summed E-state index contributed by atoms with van der Waals surface area (Å²) in [5, 5.41) is 0. The van der Waals surface area contributed by atoms with Crippen LogP contribution in [0.15, 0.2) is 36.5 Å². The highest BCUT2D eigenvalue weighted by Crippen LogP contribution is 2.21. The van der Waals surface area contributed by atoms with Crippen molar-refractivity contribution < 1.29 is 9.59 Å². The third-order valence-electron chi connectivity index (χ3n) is 1.71. The lowest BCUT2D eigenvalue weighted by Crippen LogP contribution is -2.24. The predicted molar refractivity (Wildman–Crippen MR) is 56.5 cm³/mol. The Hall–Kier alpha value is -1.64. The highest BCUT2D eigenvalue weighted by Gasteiger charge is 2.33. The van der Waals surface area contributed by atoms with Crippen LogP contribution < -0.4 is 0 Å². The molecule has 0 N–H and O–H groups in total. The molecule has 0 aromatic rings. The maximum atomic E-state index is 11.2. The molecule has 1 aliphatic heterocycles. The molecule has 0 aliphatic carbocycles. The van der Waals surface area contributed by atoms with Crippen LogP contribution in [0.3, 0.4) is 0 Å². The summed E-state index contributed by atoms with van der Waals surface area (Å²) in [6, 6.07) is 0. The monoisotopic (exact) mass is 193 g/mol. The molecule has 0 spiro atoms. The van der Waals surface area contributed by atoms with Gasteiger partial charge in [0, 0.05) is 12.6 Å². The fourth-order valence-electron chi connectivity index (χ4n) is 1.01. The highest BCUT2D eigenvalue weighted by atomic mass is 16.2. The van der Waals surface area contributed by atoms with Gasteiger partial charge < -0.3 is 0 Å². The van der Waals surface area contributed by atoms with E-state index in [9.17, 15) is 9.59 Å². The van der Waals surface area contributed by atoms with Crippen molar-refractivity contribution in [3.05, 3.63) is 36.5 Å². The Morgan fingerprint density at radius 1 is 1.21 bits per heavy atom. The molecule has 1 aliphatic rings. The molecule has 1 rings (SSSR count). The second-order valence-corrected chi connectivity index (χ2v) is 2.46. The number of imide groups is 1. The summed E-state index contributed by atoms with van der Waals surface area (Å²) in [6.45, 7) is 11.0. The van der Waals surface area contributed by atoms with Gasteiger partial charge in [-0.2, -0.15) is 0 Å². The first-order chi connectivity index (χ1) is 6.59. The van der Waals surface area contributed by atoms with E-state index in [2.05, 4.69) is 13.2 Å². The number of hydrogen-bond donors (Lipinski definition) is 0. The zero-order chi connectivity index (χ0) is 11.3. The minimum atomic E-state index is -0.340. The van der Waals surface area contributed by atoms with E-state index in [4.69, 9.17) is 0 Å². The number of rotatable bonds is 1. The fourth-order valence-corrected chi connectivity index (χ4v) is 1.01. The van der Waals surface area contributed by atoms with Crippen LogP contribution in [0, 0.1) is 0 Å². The second-order valence-electron chi connectivity index (χ2n) is 2.46. The lowest BCUT2D eigenvalue weighted by Gasteiger charge is -2.01. The van der Waals surface area contributed by atoms with Crippen molar-refractivity contribution in [2.24, 2.45) is 0 Å². The maximum Gasteiger partial charge on any atom is 0.261 e. The van der Waals surface area contributed by atoms with Crippen molar-refractivity contribution in [1.29, 1.82) is 0 Å². The van der Waals surface area contributed by atoms with Crippen LogP contribution in [0.4, 0.5) is 0 Å². The van der Waals surface area contributed by atoms with E-state index in [0.29, 0.717) is 5.57 Å². The van der Waals surface area contributed by atoms with Gasteiger partial charge in [-0.05, 0) is 6.08 Å². The normalized spacial score (nSPS) is 18.4. The first-order valence-electron chi connectivity index (χ1n) is 4.44. The number of carbonyl (C=O) groups excluding carboxylic acids is 2. The number of likely N-dealkylation sites (tertiary alicyclic amines) is 1. The Kier molecular flexibility index (Phi) is 4.56. The SMILES string of the molecule is C=C/C=C1\C(=C)C(=O)N(C)C1=O.CC. The van der Waals surface area contributed by atoms with Crippen molar-refractivity contribution in [3.63, 3.8) is 0 Å². The highest BCUT2D eigenvalue weighted by molar-refractivity contribution is 6.24. The average molecular weight is 193 g/mol. The zero-order valence-electron chi connectivity index (χ0n) is 8.83. The van der Waals surface area contributed by atoms with Crippen LogP contribution in [0.5, 0.6) is 0 Å². The third-order valence-corrected chi connectivity index (χ3v) is 1.71. The first kappa shape index (κ1) is 12.4. The van der Waals surface area contributed by atoms with Gasteiger partial charge in [-0.3, -0.25) is 14.5 Å². The van der Waals surface area contributed by atoms with E-state index < -0.39 is 0 Å². The van der Waals surface area contributed by atoms with E-state index in [1.807, 2.05) is 13.8 Å².